The van der Waals surface area contributed by atoms with Crippen LogP contribution >= 0.6 is 0 Å². The molecule has 1 aliphatic heterocycles. The first-order valence-corrected chi connectivity index (χ1v) is 6.87. The Labute approximate surface area is 114 Å². The number of piperazine rings is 1. The van der Waals surface area contributed by atoms with Crippen molar-refractivity contribution < 1.29 is 4.92 Å². The van der Waals surface area contributed by atoms with Crippen molar-refractivity contribution in [3.05, 3.63) is 39.9 Å². The van der Waals surface area contributed by atoms with Crippen molar-refractivity contribution in [3.8, 4) is 0 Å². The molecule has 5 heteroatoms. The predicted octanol–water partition coefficient (Wildman–Crippen LogP) is 2.12. The lowest BCUT2D eigenvalue weighted by molar-refractivity contribution is -0.384. The molecule has 0 atom stereocenters. The molecule has 0 spiro atoms. The van der Waals surface area contributed by atoms with Crippen LogP contribution in [0.2, 0.25) is 0 Å². The molecule has 0 aliphatic carbocycles. The van der Waals surface area contributed by atoms with Crippen LogP contribution in [0.5, 0.6) is 0 Å². The molecular weight excluding hydrogens is 242 g/mol. The van der Waals surface area contributed by atoms with Gasteiger partial charge in [0.15, 0.2) is 0 Å². The number of nitro groups is 1. The van der Waals surface area contributed by atoms with Crippen molar-refractivity contribution in [2.75, 3.05) is 32.7 Å². The van der Waals surface area contributed by atoms with Gasteiger partial charge in [0.05, 0.1) is 4.92 Å². The lowest BCUT2D eigenvalue weighted by atomic mass is 10.1. The third kappa shape index (κ3) is 4.01. The Morgan fingerprint density at radius 2 is 1.89 bits per heavy atom. The highest BCUT2D eigenvalue weighted by molar-refractivity contribution is 5.34. The van der Waals surface area contributed by atoms with Crippen LogP contribution in [0.3, 0.4) is 0 Å². The summed E-state index contributed by atoms with van der Waals surface area (Å²) in [6, 6.07) is 6.95. The van der Waals surface area contributed by atoms with E-state index >= 15 is 0 Å². The van der Waals surface area contributed by atoms with Crippen molar-refractivity contribution in [1.29, 1.82) is 0 Å². The van der Waals surface area contributed by atoms with Crippen LogP contribution < -0.4 is 0 Å². The quantitative estimate of drug-likeness (QED) is 0.603. The third-order valence-corrected chi connectivity index (χ3v) is 3.53. The van der Waals surface area contributed by atoms with Crippen LogP contribution in [0.4, 0.5) is 5.69 Å². The first kappa shape index (κ1) is 14.0. The van der Waals surface area contributed by atoms with Crippen molar-refractivity contribution in [1.82, 2.24) is 9.80 Å². The summed E-state index contributed by atoms with van der Waals surface area (Å²) in [5, 5.41) is 10.7. The van der Waals surface area contributed by atoms with Crippen molar-refractivity contribution >= 4 is 5.69 Å². The van der Waals surface area contributed by atoms with Gasteiger partial charge in [-0.2, -0.15) is 0 Å². The van der Waals surface area contributed by atoms with Crippen LogP contribution in [0, 0.1) is 10.1 Å². The normalized spacial score (nSPS) is 17.5. The van der Waals surface area contributed by atoms with E-state index in [1.165, 1.54) is 13.0 Å². The van der Waals surface area contributed by atoms with Crippen molar-refractivity contribution in [2.45, 2.75) is 19.9 Å². The maximum Gasteiger partial charge on any atom is 0.269 e. The molecule has 1 fully saturated rings. The summed E-state index contributed by atoms with van der Waals surface area (Å²) < 4.78 is 0. The highest BCUT2D eigenvalue weighted by Crippen LogP contribution is 2.15. The van der Waals surface area contributed by atoms with Gasteiger partial charge in [-0.1, -0.05) is 19.1 Å². The molecule has 0 saturated carbocycles. The van der Waals surface area contributed by atoms with E-state index in [4.69, 9.17) is 0 Å². The van der Waals surface area contributed by atoms with Gasteiger partial charge >= 0.3 is 0 Å². The predicted molar refractivity (Wildman–Crippen MR) is 75.1 cm³/mol. The molecule has 1 aliphatic rings. The standard InChI is InChI=1S/C14H21N3O2/c1-2-6-15-7-9-16(10-8-15)12-13-4-3-5-14(11-13)17(18)19/h3-5,11H,2,6-10,12H2,1H3. The summed E-state index contributed by atoms with van der Waals surface area (Å²) in [5.41, 5.74) is 1.21. The minimum atomic E-state index is -0.331. The molecule has 2 rings (SSSR count). The van der Waals surface area contributed by atoms with Gasteiger partial charge in [-0.25, -0.2) is 0 Å². The topological polar surface area (TPSA) is 49.6 Å². The van der Waals surface area contributed by atoms with Gasteiger partial charge < -0.3 is 4.90 Å². The SMILES string of the molecule is CCCN1CCN(Cc2cccc([N+](=O)[O-])c2)CC1. The largest absolute Gasteiger partial charge is 0.301 e. The number of hydrogen-bond acceptors (Lipinski definition) is 4. The fourth-order valence-electron chi connectivity index (χ4n) is 2.51. The van der Waals surface area contributed by atoms with Gasteiger partial charge in [0.2, 0.25) is 0 Å². The molecule has 0 amide bonds. The second kappa shape index (κ2) is 6.63. The molecule has 1 saturated heterocycles. The van der Waals surface area contributed by atoms with E-state index in [9.17, 15) is 10.1 Å². The van der Waals surface area contributed by atoms with E-state index in [0.29, 0.717) is 0 Å². The average molecular weight is 263 g/mol. The van der Waals surface area contributed by atoms with E-state index < -0.39 is 0 Å². The first-order chi connectivity index (χ1) is 9.19. The fraction of sp³-hybridized carbons (Fsp3) is 0.571. The van der Waals surface area contributed by atoms with Gasteiger partial charge in [-0.05, 0) is 18.5 Å². The van der Waals surface area contributed by atoms with E-state index in [0.717, 1.165) is 38.3 Å². The minimum absolute atomic E-state index is 0.183. The zero-order valence-corrected chi connectivity index (χ0v) is 11.4. The minimum Gasteiger partial charge on any atom is -0.301 e. The molecule has 5 nitrogen and oxygen atoms in total. The second-order valence-electron chi connectivity index (χ2n) is 5.04. The first-order valence-electron chi connectivity index (χ1n) is 6.87. The molecule has 0 bridgehead atoms. The van der Waals surface area contributed by atoms with Gasteiger partial charge in [-0.3, -0.25) is 15.0 Å². The van der Waals surface area contributed by atoms with Crippen molar-refractivity contribution in [2.24, 2.45) is 0 Å². The molecule has 0 unspecified atom stereocenters. The molecule has 0 N–H and O–H groups in total. The van der Waals surface area contributed by atoms with Crippen LogP contribution in [-0.2, 0) is 6.54 Å². The van der Waals surface area contributed by atoms with Gasteiger partial charge in [0.25, 0.3) is 5.69 Å². The fourth-order valence-corrected chi connectivity index (χ4v) is 2.51. The van der Waals surface area contributed by atoms with Gasteiger partial charge in [0.1, 0.15) is 0 Å². The molecule has 1 heterocycles. The van der Waals surface area contributed by atoms with Crippen LogP contribution in [0.25, 0.3) is 0 Å². The van der Waals surface area contributed by atoms with Crippen LogP contribution in [-0.4, -0.2) is 47.4 Å². The third-order valence-electron chi connectivity index (χ3n) is 3.53. The second-order valence-corrected chi connectivity index (χ2v) is 5.04. The molecular formula is C14H21N3O2. The Hall–Kier alpha value is -1.46. The van der Waals surface area contributed by atoms with E-state index in [1.54, 1.807) is 18.2 Å². The summed E-state index contributed by atoms with van der Waals surface area (Å²) in [6.07, 6.45) is 1.20. The lowest BCUT2D eigenvalue weighted by Gasteiger charge is -2.34. The monoisotopic (exact) mass is 263 g/mol. The molecule has 1 aromatic carbocycles. The Balaban J connectivity index is 1.88. The van der Waals surface area contributed by atoms with Crippen LogP contribution in [0.15, 0.2) is 24.3 Å². The Kier molecular flexibility index (Phi) is 4.87. The number of nitrogens with zero attached hydrogens (tertiary/aromatic N) is 3. The molecule has 104 valence electrons. The summed E-state index contributed by atoms with van der Waals surface area (Å²) in [7, 11) is 0. The molecule has 0 radical (unpaired) electrons. The van der Waals surface area contributed by atoms with E-state index in [2.05, 4.69) is 16.7 Å². The van der Waals surface area contributed by atoms with Gasteiger partial charge in [-0.15, -0.1) is 0 Å². The van der Waals surface area contributed by atoms with E-state index in [1.807, 2.05) is 6.07 Å². The number of non-ortho nitro benzene ring substituents is 1. The maximum absolute atomic E-state index is 10.7. The summed E-state index contributed by atoms with van der Waals surface area (Å²) in [4.78, 5) is 15.3. The summed E-state index contributed by atoms with van der Waals surface area (Å²) >= 11 is 0. The number of nitro benzene ring substituents is 1. The van der Waals surface area contributed by atoms with Crippen LogP contribution in [0.1, 0.15) is 18.9 Å². The highest BCUT2D eigenvalue weighted by Gasteiger charge is 2.16. The number of rotatable bonds is 5. The summed E-state index contributed by atoms with van der Waals surface area (Å²) in [5.74, 6) is 0. The smallest absolute Gasteiger partial charge is 0.269 e. The Morgan fingerprint density at radius 3 is 2.53 bits per heavy atom. The molecule has 1 aromatic rings. The molecule has 0 aromatic heterocycles. The van der Waals surface area contributed by atoms with Gasteiger partial charge in [0, 0.05) is 44.9 Å². The van der Waals surface area contributed by atoms with Crippen molar-refractivity contribution in [3.63, 3.8) is 0 Å². The maximum atomic E-state index is 10.7. The Bertz CT molecular complexity index is 428. The zero-order valence-electron chi connectivity index (χ0n) is 11.4. The highest BCUT2D eigenvalue weighted by atomic mass is 16.6. The summed E-state index contributed by atoms with van der Waals surface area (Å²) in [6.45, 7) is 8.47. The Morgan fingerprint density at radius 1 is 1.21 bits per heavy atom. The average Bonchev–Trinajstić information content (AvgIpc) is 2.42. The number of hydrogen-bond donors (Lipinski definition) is 0. The van der Waals surface area contributed by atoms with E-state index in [-0.39, 0.29) is 10.6 Å². The molecule has 19 heavy (non-hydrogen) atoms. The number of benzene rings is 1. The lowest BCUT2D eigenvalue weighted by Crippen LogP contribution is -2.45. The zero-order chi connectivity index (χ0) is 13.7.